The third-order valence-electron chi connectivity index (χ3n) is 3.54. The number of carbonyl (C=O) groups is 1. The molecule has 0 aliphatic carbocycles. The van der Waals surface area contributed by atoms with Crippen LogP contribution in [0.5, 0.6) is 0 Å². The van der Waals surface area contributed by atoms with Gasteiger partial charge in [-0.3, -0.25) is 4.79 Å². The van der Waals surface area contributed by atoms with Crippen LogP contribution in [0.15, 0.2) is 0 Å². The molecule has 0 aromatic carbocycles. The minimum absolute atomic E-state index is 0.262. The molecule has 0 bridgehead atoms. The van der Waals surface area contributed by atoms with Crippen LogP contribution in [0.4, 0.5) is 0 Å². The summed E-state index contributed by atoms with van der Waals surface area (Å²) < 4.78 is 0. The summed E-state index contributed by atoms with van der Waals surface area (Å²) >= 11 is 0. The van der Waals surface area contributed by atoms with Gasteiger partial charge in [0.2, 0.25) is 5.91 Å². The SMILES string of the molecule is CCC(CC)CC1CCCN1C(C)=O. The molecule has 14 heavy (non-hydrogen) atoms. The van der Waals surface area contributed by atoms with Gasteiger partial charge in [-0.05, 0) is 25.2 Å². The predicted octanol–water partition coefficient (Wildman–Crippen LogP) is 2.82. The smallest absolute Gasteiger partial charge is 0.219 e. The van der Waals surface area contributed by atoms with Gasteiger partial charge in [-0.1, -0.05) is 26.7 Å². The highest BCUT2D eigenvalue weighted by Gasteiger charge is 2.27. The molecule has 1 amide bonds. The third kappa shape index (κ3) is 2.73. The first kappa shape index (κ1) is 11.5. The van der Waals surface area contributed by atoms with E-state index in [1.165, 1.54) is 32.1 Å². The van der Waals surface area contributed by atoms with Gasteiger partial charge in [0.25, 0.3) is 0 Å². The maximum atomic E-state index is 11.3. The second-order valence-electron chi connectivity index (χ2n) is 4.43. The number of hydrogen-bond donors (Lipinski definition) is 0. The van der Waals surface area contributed by atoms with E-state index in [9.17, 15) is 4.79 Å². The van der Waals surface area contributed by atoms with Crippen LogP contribution in [0.2, 0.25) is 0 Å². The Morgan fingerprint density at radius 2 is 2.07 bits per heavy atom. The lowest BCUT2D eigenvalue weighted by Gasteiger charge is -2.26. The largest absolute Gasteiger partial charge is 0.340 e. The van der Waals surface area contributed by atoms with Crippen molar-refractivity contribution in [1.82, 2.24) is 4.90 Å². The molecule has 2 nitrogen and oxygen atoms in total. The Kier molecular flexibility index (Phi) is 4.43. The van der Waals surface area contributed by atoms with Crippen molar-refractivity contribution in [1.29, 1.82) is 0 Å². The van der Waals surface area contributed by atoms with Crippen LogP contribution in [-0.4, -0.2) is 23.4 Å². The van der Waals surface area contributed by atoms with E-state index < -0.39 is 0 Å². The van der Waals surface area contributed by atoms with Gasteiger partial charge in [0.1, 0.15) is 0 Å². The molecule has 1 atom stereocenters. The quantitative estimate of drug-likeness (QED) is 0.678. The normalized spacial score (nSPS) is 22.0. The molecule has 0 spiro atoms. The average molecular weight is 197 g/mol. The highest BCUT2D eigenvalue weighted by molar-refractivity contribution is 5.73. The fraction of sp³-hybridized carbons (Fsp3) is 0.917. The average Bonchev–Trinajstić information content (AvgIpc) is 2.62. The van der Waals surface area contributed by atoms with E-state index in [4.69, 9.17) is 0 Å². The number of hydrogen-bond acceptors (Lipinski definition) is 1. The van der Waals surface area contributed by atoms with Crippen molar-refractivity contribution >= 4 is 5.91 Å². The monoisotopic (exact) mass is 197 g/mol. The summed E-state index contributed by atoms with van der Waals surface area (Å²) in [5, 5.41) is 0. The van der Waals surface area contributed by atoms with Crippen molar-refractivity contribution < 1.29 is 4.79 Å². The molecule has 2 heteroatoms. The van der Waals surface area contributed by atoms with E-state index in [0.717, 1.165) is 12.5 Å². The molecule has 82 valence electrons. The molecule has 1 aliphatic heterocycles. The maximum absolute atomic E-state index is 11.3. The fourth-order valence-corrected chi connectivity index (χ4v) is 2.50. The van der Waals surface area contributed by atoms with Crippen LogP contribution >= 0.6 is 0 Å². The Labute approximate surface area is 87.7 Å². The van der Waals surface area contributed by atoms with E-state index in [1.807, 2.05) is 0 Å². The standard InChI is InChI=1S/C12H23NO/c1-4-11(5-2)9-12-7-6-8-13(12)10(3)14/h11-12H,4-9H2,1-3H3. The van der Waals surface area contributed by atoms with E-state index in [-0.39, 0.29) is 5.91 Å². The molecule has 0 aromatic rings. The van der Waals surface area contributed by atoms with Crippen LogP contribution in [0.25, 0.3) is 0 Å². The van der Waals surface area contributed by atoms with Gasteiger partial charge in [-0.2, -0.15) is 0 Å². The summed E-state index contributed by atoms with van der Waals surface area (Å²) in [5.74, 6) is 1.07. The zero-order valence-electron chi connectivity index (χ0n) is 9.75. The number of rotatable bonds is 4. The van der Waals surface area contributed by atoms with Crippen molar-refractivity contribution in [2.24, 2.45) is 5.92 Å². The number of likely N-dealkylation sites (tertiary alicyclic amines) is 1. The molecule has 1 heterocycles. The first-order chi connectivity index (χ1) is 6.69. The highest BCUT2D eigenvalue weighted by Crippen LogP contribution is 2.26. The topological polar surface area (TPSA) is 20.3 Å². The number of carbonyl (C=O) groups excluding carboxylic acids is 1. The van der Waals surface area contributed by atoms with E-state index in [2.05, 4.69) is 18.7 Å². The molecule has 0 saturated carbocycles. The Bertz CT molecular complexity index is 187. The molecule has 0 aromatic heterocycles. The summed E-state index contributed by atoms with van der Waals surface area (Å²) in [6, 6.07) is 0.539. The Balaban J connectivity index is 2.46. The van der Waals surface area contributed by atoms with Gasteiger partial charge in [0.05, 0.1) is 0 Å². The van der Waals surface area contributed by atoms with Crippen molar-refractivity contribution in [2.75, 3.05) is 6.54 Å². The third-order valence-corrected chi connectivity index (χ3v) is 3.54. The van der Waals surface area contributed by atoms with E-state index in [1.54, 1.807) is 6.92 Å². The number of amides is 1. The predicted molar refractivity (Wildman–Crippen MR) is 59.1 cm³/mol. The maximum Gasteiger partial charge on any atom is 0.219 e. The molecule has 1 fully saturated rings. The summed E-state index contributed by atoms with van der Waals surface area (Å²) in [4.78, 5) is 13.4. The molecule has 1 unspecified atom stereocenters. The summed E-state index contributed by atoms with van der Waals surface area (Å²) in [6.07, 6.45) is 6.13. The van der Waals surface area contributed by atoms with E-state index >= 15 is 0 Å². The van der Waals surface area contributed by atoms with Gasteiger partial charge in [-0.15, -0.1) is 0 Å². The van der Waals surface area contributed by atoms with Crippen LogP contribution < -0.4 is 0 Å². The first-order valence-corrected chi connectivity index (χ1v) is 5.96. The van der Waals surface area contributed by atoms with E-state index in [0.29, 0.717) is 6.04 Å². The zero-order valence-corrected chi connectivity index (χ0v) is 9.75. The summed E-state index contributed by atoms with van der Waals surface area (Å²) in [6.45, 7) is 7.19. The molecule has 0 N–H and O–H groups in total. The van der Waals surface area contributed by atoms with Crippen molar-refractivity contribution in [3.8, 4) is 0 Å². The van der Waals surface area contributed by atoms with Crippen molar-refractivity contribution in [3.63, 3.8) is 0 Å². The van der Waals surface area contributed by atoms with Crippen LogP contribution in [0.1, 0.15) is 52.9 Å². The Morgan fingerprint density at radius 1 is 1.43 bits per heavy atom. The lowest BCUT2D eigenvalue weighted by molar-refractivity contribution is -0.129. The van der Waals surface area contributed by atoms with Crippen LogP contribution in [-0.2, 0) is 4.79 Å². The van der Waals surface area contributed by atoms with Crippen molar-refractivity contribution in [2.45, 2.75) is 58.9 Å². The summed E-state index contributed by atoms with van der Waals surface area (Å²) in [7, 11) is 0. The lowest BCUT2D eigenvalue weighted by Crippen LogP contribution is -2.34. The summed E-state index contributed by atoms with van der Waals surface area (Å²) in [5.41, 5.74) is 0. The first-order valence-electron chi connectivity index (χ1n) is 5.96. The molecule has 1 saturated heterocycles. The second-order valence-corrected chi connectivity index (χ2v) is 4.43. The van der Waals surface area contributed by atoms with Gasteiger partial charge < -0.3 is 4.90 Å². The number of nitrogens with zero attached hydrogens (tertiary/aromatic N) is 1. The molecule has 1 rings (SSSR count). The highest BCUT2D eigenvalue weighted by atomic mass is 16.2. The van der Waals surface area contributed by atoms with Crippen LogP contribution in [0.3, 0.4) is 0 Å². The van der Waals surface area contributed by atoms with Gasteiger partial charge in [0.15, 0.2) is 0 Å². The lowest BCUT2D eigenvalue weighted by atomic mass is 9.93. The minimum Gasteiger partial charge on any atom is -0.340 e. The Hall–Kier alpha value is -0.530. The van der Waals surface area contributed by atoms with Gasteiger partial charge in [-0.25, -0.2) is 0 Å². The second kappa shape index (κ2) is 5.38. The molecular formula is C12H23NO. The zero-order chi connectivity index (χ0) is 10.6. The minimum atomic E-state index is 0.262. The van der Waals surface area contributed by atoms with Crippen molar-refractivity contribution in [3.05, 3.63) is 0 Å². The molecular weight excluding hydrogens is 174 g/mol. The Morgan fingerprint density at radius 3 is 2.57 bits per heavy atom. The van der Waals surface area contributed by atoms with Crippen LogP contribution in [0, 0.1) is 5.92 Å². The van der Waals surface area contributed by atoms with Gasteiger partial charge in [0, 0.05) is 19.5 Å². The van der Waals surface area contributed by atoms with Gasteiger partial charge >= 0.3 is 0 Å². The fourth-order valence-electron chi connectivity index (χ4n) is 2.50. The molecule has 0 radical (unpaired) electrons. The molecule has 1 aliphatic rings.